The molecule has 4 nitrogen and oxygen atoms in total. The van der Waals surface area contributed by atoms with Crippen LogP contribution in [-0.2, 0) is 10.0 Å². The number of nitrogens with zero attached hydrogens (tertiary/aromatic N) is 2. The van der Waals surface area contributed by atoms with Gasteiger partial charge in [-0.05, 0) is 47.2 Å². The van der Waals surface area contributed by atoms with Gasteiger partial charge in [0.15, 0.2) is 0 Å². The second kappa shape index (κ2) is 8.66. The van der Waals surface area contributed by atoms with Crippen molar-refractivity contribution in [1.29, 1.82) is 5.26 Å². The minimum absolute atomic E-state index is 0.215. The zero-order chi connectivity index (χ0) is 21.0. The van der Waals surface area contributed by atoms with E-state index < -0.39 is 16.1 Å². The number of sulfonamides is 1. The molecule has 1 atom stereocenters. The molecule has 30 heavy (non-hydrogen) atoms. The van der Waals surface area contributed by atoms with E-state index >= 15 is 0 Å². The van der Waals surface area contributed by atoms with Crippen molar-refractivity contribution in [3.8, 4) is 6.07 Å². The van der Waals surface area contributed by atoms with Crippen molar-refractivity contribution >= 4 is 15.6 Å². The zero-order valence-corrected chi connectivity index (χ0v) is 17.3. The first kappa shape index (κ1) is 20.1. The molecule has 1 unspecified atom stereocenters. The molecule has 3 aromatic rings. The highest BCUT2D eigenvalue weighted by Gasteiger charge is 2.37. The molecule has 1 saturated heterocycles. The quantitative estimate of drug-likeness (QED) is 0.612. The smallest absolute Gasteiger partial charge is 0.207 e. The molecule has 0 aromatic heterocycles. The summed E-state index contributed by atoms with van der Waals surface area (Å²) >= 11 is 0. The average Bonchev–Trinajstić information content (AvgIpc) is 2.81. The maximum atomic E-state index is 13.3. The van der Waals surface area contributed by atoms with Crippen molar-refractivity contribution in [3.05, 3.63) is 108 Å². The van der Waals surface area contributed by atoms with Gasteiger partial charge >= 0.3 is 0 Å². The number of rotatable bonds is 4. The minimum atomic E-state index is -3.78. The van der Waals surface area contributed by atoms with Gasteiger partial charge < -0.3 is 0 Å². The van der Waals surface area contributed by atoms with Crippen LogP contribution in [0.5, 0.6) is 0 Å². The van der Waals surface area contributed by atoms with Crippen molar-refractivity contribution in [2.24, 2.45) is 0 Å². The third kappa shape index (κ3) is 3.80. The molecule has 1 fully saturated rings. The zero-order valence-electron chi connectivity index (χ0n) is 16.5. The topological polar surface area (TPSA) is 61.2 Å². The van der Waals surface area contributed by atoms with E-state index in [1.807, 2.05) is 60.7 Å². The Morgan fingerprint density at radius 1 is 0.833 bits per heavy atom. The van der Waals surface area contributed by atoms with E-state index in [0.29, 0.717) is 19.4 Å². The van der Waals surface area contributed by atoms with Gasteiger partial charge in [0, 0.05) is 6.54 Å². The molecule has 1 aliphatic heterocycles. The lowest BCUT2D eigenvalue weighted by Gasteiger charge is -2.34. The Bertz CT molecular complexity index is 1140. The van der Waals surface area contributed by atoms with Crippen LogP contribution in [0.2, 0.25) is 0 Å². The van der Waals surface area contributed by atoms with Crippen LogP contribution in [0, 0.1) is 11.3 Å². The van der Waals surface area contributed by atoms with Gasteiger partial charge in [-0.2, -0.15) is 9.57 Å². The summed E-state index contributed by atoms with van der Waals surface area (Å²) in [7, 11) is -3.78. The van der Waals surface area contributed by atoms with Crippen LogP contribution in [0.3, 0.4) is 0 Å². The van der Waals surface area contributed by atoms with Gasteiger partial charge in [0.1, 0.15) is 6.04 Å². The van der Waals surface area contributed by atoms with E-state index in [0.717, 1.165) is 22.3 Å². The van der Waals surface area contributed by atoms with E-state index in [4.69, 9.17) is 0 Å². The molecule has 0 N–H and O–H groups in total. The fourth-order valence-corrected chi connectivity index (χ4v) is 5.60. The van der Waals surface area contributed by atoms with E-state index in [2.05, 4.69) is 6.07 Å². The second-order valence-electron chi connectivity index (χ2n) is 7.20. The maximum Gasteiger partial charge on any atom is 0.244 e. The number of nitriles is 1. The largest absolute Gasteiger partial charge is 0.244 e. The summed E-state index contributed by atoms with van der Waals surface area (Å²) < 4.78 is 28.1. The molecular formula is C25H22N2O2S. The molecule has 0 bridgehead atoms. The van der Waals surface area contributed by atoms with Gasteiger partial charge in [0.05, 0.1) is 11.0 Å². The van der Waals surface area contributed by atoms with Crippen molar-refractivity contribution in [3.63, 3.8) is 0 Å². The number of piperidine rings is 1. The molecule has 4 rings (SSSR count). The summed E-state index contributed by atoms with van der Waals surface area (Å²) in [6.07, 6.45) is 1.35. The molecular weight excluding hydrogens is 392 g/mol. The summed E-state index contributed by atoms with van der Waals surface area (Å²) in [6.45, 7) is 0.329. The Balaban J connectivity index is 1.89. The predicted octanol–water partition coefficient (Wildman–Crippen LogP) is 4.87. The molecule has 0 saturated carbocycles. The van der Waals surface area contributed by atoms with Gasteiger partial charge in [-0.1, -0.05) is 78.9 Å². The van der Waals surface area contributed by atoms with Gasteiger partial charge in [0.25, 0.3) is 0 Å². The minimum Gasteiger partial charge on any atom is -0.207 e. The summed E-state index contributed by atoms with van der Waals surface area (Å²) in [5.74, 6) is 0. The maximum absolute atomic E-state index is 13.3. The highest BCUT2D eigenvalue weighted by molar-refractivity contribution is 7.89. The van der Waals surface area contributed by atoms with Gasteiger partial charge in [-0.3, -0.25) is 0 Å². The van der Waals surface area contributed by atoms with Crippen LogP contribution in [-0.4, -0.2) is 25.3 Å². The molecule has 1 aliphatic rings. The normalized spacial score (nSPS) is 17.3. The molecule has 0 radical (unpaired) electrons. The second-order valence-corrected chi connectivity index (χ2v) is 9.09. The average molecular weight is 415 g/mol. The molecule has 0 aliphatic carbocycles. The summed E-state index contributed by atoms with van der Waals surface area (Å²) in [5, 5.41) is 10.1. The number of hydrogen-bond donors (Lipinski definition) is 0. The number of hydrogen-bond acceptors (Lipinski definition) is 3. The Kier molecular flexibility index (Phi) is 5.80. The van der Waals surface area contributed by atoms with Crippen LogP contribution in [0.4, 0.5) is 0 Å². The molecule has 150 valence electrons. The van der Waals surface area contributed by atoms with Crippen LogP contribution in [0.15, 0.2) is 101 Å². The standard InChI is InChI=1S/C25H22N2O2S/c26-19-24-23(17-10-18-27(24)30(28,29)22-15-8-3-9-16-22)25(20-11-4-1-5-12-20)21-13-6-2-7-14-21/h1-9,11-16,24H,10,17-18H2. The monoisotopic (exact) mass is 414 g/mol. The van der Waals surface area contributed by atoms with Gasteiger partial charge in [-0.25, -0.2) is 8.42 Å². The molecule has 5 heteroatoms. The Morgan fingerprint density at radius 3 is 1.83 bits per heavy atom. The SMILES string of the molecule is N#CC1C(=C(c2ccccc2)c2ccccc2)CCCN1S(=O)(=O)c1ccccc1. The lowest BCUT2D eigenvalue weighted by molar-refractivity contribution is 0.352. The van der Waals surface area contributed by atoms with Crippen molar-refractivity contribution in [1.82, 2.24) is 4.31 Å². The molecule has 3 aromatic carbocycles. The van der Waals surface area contributed by atoms with E-state index in [9.17, 15) is 13.7 Å². The highest BCUT2D eigenvalue weighted by atomic mass is 32.2. The third-order valence-electron chi connectivity index (χ3n) is 5.36. The summed E-state index contributed by atoms with van der Waals surface area (Å²) in [4.78, 5) is 0.215. The highest BCUT2D eigenvalue weighted by Crippen LogP contribution is 2.36. The van der Waals surface area contributed by atoms with Crippen molar-refractivity contribution in [2.75, 3.05) is 6.54 Å². The van der Waals surface area contributed by atoms with Crippen molar-refractivity contribution < 1.29 is 8.42 Å². The first-order valence-corrected chi connectivity index (χ1v) is 11.4. The van der Waals surface area contributed by atoms with E-state index in [1.54, 1.807) is 30.3 Å². The third-order valence-corrected chi connectivity index (χ3v) is 7.24. The molecule has 1 heterocycles. The first-order chi connectivity index (χ1) is 14.6. The lowest BCUT2D eigenvalue weighted by atomic mass is 9.86. The van der Waals surface area contributed by atoms with E-state index in [1.165, 1.54) is 4.31 Å². The van der Waals surface area contributed by atoms with Crippen LogP contribution < -0.4 is 0 Å². The summed E-state index contributed by atoms with van der Waals surface area (Å²) in [5.41, 5.74) is 3.76. The Labute approximate surface area is 177 Å². The lowest BCUT2D eigenvalue weighted by Crippen LogP contribution is -2.44. The Morgan fingerprint density at radius 2 is 1.33 bits per heavy atom. The van der Waals surface area contributed by atoms with Crippen molar-refractivity contribution in [2.45, 2.75) is 23.8 Å². The number of benzene rings is 3. The van der Waals surface area contributed by atoms with Crippen LogP contribution in [0.25, 0.3) is 5.57 Å². The van der Waals surface area contributed by atoms with E-state index in [-0.39, 0.29) is 4.90 Å². The van der Waals surface area contributed by atoms with Gasteiger partial charge in [-0.15, -0.1) is 0 Å². The van der Waals surface area contributed by atoms with Gasteiger partial charge in [0.2, 0.25) is 10.0 Å². The van der Waals surface area contributed by atoms with Crippen LogP contribution in [0.1, 0.15) is 24.0 Å². The molecule has 0 amide bonds. The fraction of sp³-hybridized carbons (Fsp3) is 0.160. The predicted molar refractivity (Wildman–Crippen MR) is 118 cm³/mol. The van der Waals surface area contributed by atoms with Crippen LogP contribution >= 0.6 is 0 Å². The Hall–Kier alpha value is -3.20. The molecule has 0 spiro atoms. The summed E-state index contributed by atoms with van der Waals surface area (Å²) in [6, 6.07) is 29.6. The first-order valence-electron chi connectivity index (χ1n) is 9.93. The fourth-order valence-electron chi connectivity index (χ4n) is 4.00.